The van der Waals surface area contributed by atoms with Crippen LogP contribution < -0.4 is 5.73 Å². The molecule has 0 saturated heterocycles. The van der Waals surface area contributed by atoms with E-state index in [1.54, 1.807) is 22.9 Å². The van der Waals surface area contributed by atoms with Gasteiger partial charge in [0.15, 0.2) is 9.84 Å². The normalized spacial score (nSPS) is 11.8. The van der Waals surface area contributed by atoms with E-state index in [-0.39, 0.29) is 10.6 Å². The molecule has 1 heterocycles. The molecule has 0 spiro atoms. The number of nitrogens with two attached hydrogens (primary N) is 1. The molecule has 0 radical (unpaired) electrons. The molecule has 0 amide bonds. The van der Waals surface area contributed by atoms with Gasteiger partial charge < -0.3 is 5.73 Å². The summed E-state index contributed by atoms with van der Waals surface area (Å²) in [5.41, 5.74) is 7.65. The number of nitrogens with zero attached hydrogens (tertiary/aromatic N) is 2. The topological polar surface area (TPSA) is 78.0 Å². The van der Waals surface area contributed by atoms with Gasteiger partial charge in [-0.2, -0.15) is 5.10 Å². The Hall–Kier alpha value is -1.34. The molecule has 5 nitrogen and oxygen atoms in total. The molecule has 114 valence electrons. The molecule has 21 heavy (non-hydrogen) atoms. The number of aromatic nitrogens is 2. The fraction of sp³-hybridized carbons (Fsp3) is 0.357. The molecule has 0 bridgehead atoms. The molecule has 2 aromatic rings. The highest BCUT2D eigenvalue weighted by Gasteiger charge is 2.22. The summed E-state index contributed by atoms with van der Waals surface area (Å²) < 4.78 is 27.6. The van der Waals surface area contributed by atoms with E-state index in [1.807, 2.05) is 13.8 Å². The summed E-state index contributed by atoms with van der Waals surface area (Å²) in [4.78, 5) is 0.233. The fourth-order valence-electron chi connectivity index (χ4n) is 2.13. The Balaban J connectivity index is 2.44. The summed E-state index contributed by atoms with van der Waals surface area (Å²) in [5, 5.41) is 4.42. The van der Waals surface area contributed by atoms with Crippen LogP contribution in [0.2, 0.25) is 0 Å². The zero-order valence-electron chi connectivity index (χ0n) is 12.0. The smallest absolute Gasteiger partial charge is 0.184 e. The van der Waals surface area contributed by atoms with Gasteiger partial charge in [-0.15, -0.1) is 0 Å². The lowest BCUT2D eigenvalue weighted by molar-refractivity contribution is 0.585. The number of hydrogen-bond donors (Lipinski definition) is 1. The molecular formula is C14H18BrN3O2S. The third-order valence-corrected chi connectivity index (χ3v) is 5.78. The van der Waals surface area contributed by atoms with Gasteiger partial charge in [0.05, 0.1) is 26.5 Å². The first-order valence-electron chi connectivity index (χ1n) is 6.71. The third kappa shape index (κ3) is 3.29. The van der Waals surface area contributed by atoms with Crippen LogP contribution in [0.15, 0.2) is 33.6 Å². The quantitative estimate of drug-likeness (QED) is 0.819. The maximum Gasteiger partial charge on any atom is 0.184 e. The number of nitrogen functional groups attached to an aromatic ring is 1. The van der Waals surface area contributed by atoms with Crippen LogP contribution in [-0.4, -0.2) is 18.2 Å². The van der Waals surface area contributed by atoms with Crippen molar-refractivity contribution in [2.75, 3.05) is 5.73 Å². The predicted octanol–water partition coefficient (Wildman–Crippen LogP) is 2.78. The zero-order chi connectivity index (χ0) is 15.6. The number of halogens is 1. The van der Waals surface area contributed by atoms with Crippen molar-refractivity contribution in [2.45, 2.75) is 37.5 Å². The van der Waals surface area contributed by atoms with Crippen LogP contribution >= 0.6 is 15.9 Å². The lowest BCUT2D eigenvalue weighted by Crippen LogP contribution is -2.11. The molecule has 0 fully saturated rings. The predicted molar refractivity (Wildman–Crippen MR) is 86.7 cm³/mol. The van der Waals surface area contributed by atoms with Crippen molar-refractivity contribution in [3.05, 3.63) is 40.1 Å². The molecule has 0 aliphatic carbocycles. The van der Waals surface area contributed by atoms with E-state index >= 15 is 0 Å². The average molecular weight is 372 g/mol. The SMILES string of the molecule is CCc1nn(CC)c(CS(=O)(=O)c2cccc(N)c2)c1Br. The maximum absolute atomic E-state index is 12.6. The minimum absolute atomic E-state index is 0.0993. The number of aryl methyl sites for hydroxylation is 2. The summed E-state index contributed by atoms with van der Waals surface area (Å²) in [7, 11) is -3.46. The van der Waals surface area contributed by atoms with Crippen LogP contribution in [0.4, 0.5) is 5.69 Å². The van der Waals surface area contributed by atoms with Gasteiger partial charge in [0, 0.05) is 12.2 Å². The first kappa shape index (κ1) is 16.0. The maximum atomic E-state index is 12.6. The van der Waals surface area contributed by atoms with Crippen molar-refractivity contribution < 1.29 is 8.42 Å². The molecule has 2 rings (SSSR count). The number of sulfone groups is 1. The molecule has 0 aliphatic heterocycles. The van der Waals surface area contributed by atoms with Crippen LogP contribution in [0.3, 0.4) is 0 Å². The minimum Gasteiger partial charge on any atom is -0.399 e. The molecule has 0 unspecified atom stereocenters. The second-order valence-corrected chi connectivity index (χ2v) is 7.49. The highest BCUT2D eigenvalue weighted by molar-refractivity contribution is 9.10. The van der Waals surface area contributed by atoms with Gasteiger partial charge in [-0.1, -0.05) is 13.0 Å². The van der Waals surface area contributed by atoms with E-state index in [9.17, 15) is 8.42 Å². The number of benzene rings is 1. The summed E-state index contributed by atoms with van der Waals surface area (Å²) >= 11 is 3.47. The van der Waals surface area contributed by atoms with Gasteiger partial charge in [0.2, 0.25) is 0 Å². The Bertz CT molecular complexity index is 754. The van der Waals surface area contributed by atoms with Crippen molar-refractivity contribution in [1.82, 2.24) is 9.78 Å². The van der Waals surface area contributed by atoms with Crippen LogP contribution in [0.5, 0.6) is 0 Å². The largest absolute Gasteiger partial charge is 0.399 e. The van der Waals surface area contributed by atoms with E-state index in [1.165, 1.54) is 6.07 Å². The van der Waals surface area contributed by atoms with Crippen molar-refractivity contribution in [3.63, 3.8) is 0 Å². The molecule has 7 heteroatoms. The summed E-state index contributed by atoms with van der Waals surface area (Å²) in [6.07, 6.45) is 0.749. The van der Waals surface area contributed by atoms with Gasteiger partial charge in [-0.05, 0) is 47.5 Å². The van der Waals surface area contributed by atoms with Gasteiger partial charge in [-0.25, -0.2) is 8.42 Å². The van der Waals surface area contributed by atoms with E-state index in [2.05, 4.69) is 21.0 Å². The Morgan fingerprint density at radius 3 is 2.62 bits per heavy atom. The lowest BCUT2D eigenvalue weighted by atomic mass is 10.3. The van der Waals surface area contributed by atoms with E-state index in [4.69, 9.17) is 5.73 Å². The molecule has 0 atom stereocenters. The van der Waals surface area contributed by atoms with Gasteiger partial charge >= 0.3 is 0 Å². The molecule has 0 saturated carbocycles. The molecule has 1 aromatic heterocycles. The second-order valence-electron chi connectivity index (χ2n) is 4.71. The standard InChI is InChI=1S/C14H18BrN3O2S/c1-3-12-14(15)13(18(4-2)17-12)9-21(19,20)11-7-5-6-10(16)8-11/h5-8H,3-4,9,16H2,1-2H3. The number of anilines is 1. The number of rotatable bonds is 5. The minimum atomic E-state index is -3.46. The molecule has 0 aliphatic rings. The third-order valence-electron chi connectivity index (χ3n) is 3.24. The van der Waals surface area contributed by atoms with E-state index in [0.717, 1.165) is 16.6 Å². The Kier molecular flexibility index (Phi) is 4.73. The molecule has 2 N–H and O–H groups in total. The summed E-state index contributed by atoms with van der Waals surface area (Å²) in [5.74, 6) is -0.0993. The zero-order valence-corrected chi connectivity index (χ0v) is 14.4. The van der Waals surface area contributed by atoms with Crippen LogP contribution in [0.1, 0.15) is 25.2 Å². The first-order valence-corrected chi connectivity index (χ1v) is 9.16. The highest BCUT2D eigenvalue weighted by Crippen LogP contribution is 2.27. The summed E-state index contributed by atoms with van der Waals surface area (Å²) in [6, 6.07) is 6.36. The highest BCUT2D eigenvalue weighted by atomic mass is 79.9. The molecular weight excluding hydrogens is 354 g/mol. The van der Waals surface area contributed by atoms with Crippen molar-refractivity contribution in [2.24, 2.45) is 0 Å². The van der Waals surface area contributed by atoms with E-state index < -0.39 is 9.84 Å². The first-order chi connectivity index (χ1) is 9.89. The Morgan fingerprint density at radius 2 is 2.05 bits per heavy atom. The average Bonchev–Trinajstić information content (AvgIpc) is 2.75. The van der Waals surface area contributed by atoms with Gasteiger partial charge in [0.25, 0.3) is 0 Å². The summed E-state index contributed by atoms with van der Waals surface area (Å²) in [6.45, 7) is 4.55. The van der Waals surface area contributed by atoms with Crippen LogP contribution in [0.25, 0.3) is 0 Å². The van der Waals surface area contributed by atoms with Crippen molar-refractivity contribution >= 4 is 31.5 Å². The van der Waals surface area contributed by atoms with Crippen LogP contribution in [-0.2, 0) is 28.6 Å². The monoisotopic (exact) mass is 371 g/mol. The second kappa shape index (κ2) is 6.19. The molecule has 1 aromatic carbocycles. The lowest BCUT2D eigenvalue weighted by Gasteiger charge is -2.08. The van der Waals surface area contributed by atoms with Crippen molar-refractivity contribution in [1.29, 1.82) is 0 Å². The van der Waals surface area contributed by atoms with Gasteiger partial charge in [0.1, 0.15) is 0 Å². The Labute approximate surface area is 133 Å². The Morgan fingerprint density at radius 1 is 1.33 bits per heavy atom. The van der Waals surface area contributed by atoms with Gasteiger partial charge in [-0.3, -0.25) is 4.68 Å². The van der Waals surface area contributed by atoms with Crippen LogP contribution in [0, 0.1) is 0 Å². The number of hydrogen-bond acceptors (Lipinski definition) is 4. The van der Waals surface area contributed by atoms with Crippen molar-refractivity contribution in [3.8, 4) is 0 Å². The fourth-order valence-corrected chi connectivity index (χ4v) is 4.44. The van der Waals surface area contributed by atoms with E-state index in [0.29, 0.717) is 17.9 Å².